The molecule has 118 valence electrons. The highest BCUT2D eigenvalue weighted by molar-refractivity contribution is 5.42. The Hall–Kier alpha value is -2.76. The smallest absolute Gasteiger partial charge is 0.175 e. The summed E-state index contributed by atoms with van der Waals surface area (Å²) in [5, 5.41) is 12.8. The summed E-state index contributed by atoms with van der Waals surface area (Å²) in [6, 6.07) is 12.3. The number of nitrogens with zero attached hydrogens (tertiary/aromatic N) is 5. The first-order chi connectivity index (χ1) is 11.0. The predicted octanol–water partition coefficient (Wildman–Crippen LogP) is 3.31. The molecule has 0 saturated heterocycles. The third kappa shape index (κ3) is 3.21. The monoisotopic (exact) mass is 311 g/mol. The summed E-state index contributed by atoms with van der Waals surface area (Å²) in [7, 11) is 1.94. The molecule has 1 atom stereocenters. The van der Waals surface area contributed by atoms with Crippen LogP contribution in [0.4, 0.5) is 10.2 Å². The van der Waals surface area contributed by atoms with Gasteiger partial charge in [0.25, 0.3) is 0 Å². The van der Waals surface area contributed by atoms with Crippen molar-refractivity contribution in [2.45, 2.75) is 19.9 Å². The molecule has 0 N–H and O–H groups in total. The number of hydrogen-bond donors (Lipinski definition) is 0. The van der Waals surface area contributed by atoms with Crippen LogP contribution in [0.25, 0.3) is 5.82 Å². The van der Waals surface area contributed by atoms with Gasteiger partial charge in [-0.05, 0) is 49.7 Å². The average Bonchev–Trinajstić information content (AvgIpc) is 3.01. The van der Waals surface area contributed by atoms with Crippen LogP contribution in [0.2, 0.25) is 0 Å². The molecule has 23 heavy (non-hydrogen) atoms. The van der Waals surface area contributed by atoms with Crippen molar-refractivity contribution in [3.8, 4) is 5.82 Å². The number of halogens is 1. The van der Waals surface area contributed by atoms with Crippen LogP contribution in [-0.2, 0) is 0 Å². The summed E-state index contributed by atoms with van der Waals surface area (Å²) in [6.45, 7) is 3.97. The molecule has 2 heterocycles. The van der Waals surface area contributed by atoms with Gasteiger partial charge in [-0.2, -0.15) is 5.10 Å². The Morgan fingerprint density at radius 2 is 1.78 bits per heavy atom. The third-order valence-electron chi connectivity index (χ3n) is 3.89. The lowest BCUT2D eigenvalue weighted by Gasteiger charge is -2.25. The molecule has 3 rings (SSSR count). The second-order valence-electron chi connectivity index (χ2n) is 5.49. The molecule has 2 aromatic heterocycles. The molecule has 0 amide bonds. The zero-order valence-corrected chi connectivity index (χ0v) is 13.3. The predicted molar refractivity (Wildman–Crippen MR) is 87.1 cm³/mol. The molecule has 0 spiro atoms. The number of rotatable bonds is 4. The van der Waals surface area contributed by atoms with Crippen LogP contribution in [0.5, 0.6) is 0 Å². The molecule has 0 aliphatic carbocycles. The Morgan fingerprint density at radius 3 is 2.35 bits per heavy atom. The largest absolute Gasteiger partial charge is 0.351 e. The van der Waals surface area contributed by atoms with E-state index in [4.69, 9.17) is 0 Å². The maximum atomic E-state index is 13.0. The highest BCUT2D eigenvalue weighted by Gasteiger charge is 2.14. The third-order valence-corrected chi connectivity index (χ3v) is 3.89. The van der Waals surface area contributed by atoms with Crippen molar-refractivity contribution in [2.24, 2.45) is 0 Å². The minimum Gasteiger partial charge on any atom is -0.351 e. The van der Waals surface area contributed by atoms with E-state index in [1.165, 1.54) is 12.1 Å². The molecule has 0 aliphatic heterocycles. The highest BCUT2D eigenvalue weighted by atomic mass is 19.1. The second-order valence-corrected chi connectivity index (χ2v) is 5.49. The standard InChI is InChI=1S/C17H18FN5/c1-12-10-11-23(21-12)17-9-8-16(19-20-17)22(3)13(2)14-4-6-15(18)7-5-14/h4-11,13H,1-3H3. The van der Waals surface area contributed by atoms with Crippen molar-refractivity contribution in [3.63, 3.8) is 0 Å². The van der Waals surface area contributed by atoms with Gasteiger partial charge < -0.3 is 4.90 Å². The van der Waals surface area contributed by atoms with Crippen LogP contribution in [0.1, 0.15) is 24.2 Å². The molecule has 0 fully saturated rings. The molecule has 0 radical (unpaired) electrons. The van der Waals surface area contributed by atoms with E-state index in [9.17, 15) is 4.39 Å². The topological polar surface area (TPSA) is 46.8 Å². The van der Waals surface area contributed by atoms with Crippen molar-refractivity contribution in [2.75, 3.05) is 11.9 Å². The van der Waals surface area contributed by atoms with Crippen LogP contribution < -0.4 is 4.90 Å². The van der Waals surface area contributed by atoms with Crippen molar-refractivity contribution in [1.82, 2.24) is 20.0 Å². The lowest BCUT2D eigenvalue weighted by atomic mass is 10.1. The van der Waals surface area contributed by atoms with E-state index in [2.05, 4.69) is 15.3 Å². The number of aromatic nitrogens is 4. The lowest BCUT2D eigenvalue weighted by molar-refractivity contribution is 0.624. The zero-order valence-electron chi connectivity index (χ0n) is 13.3. The fraction of sp³-hybridized carbons (Fsp3) is 0.235. The molecular weight excluding hydrogens is 293 g/mol. The van der Waals surface area contributed by atoms with E-state index in [-0.39, 0.29) is 11.9 Å². The van der Waals surface area contributed by atoms with E-state index in [0.717, 1.165) is 17.1 Å². The fourth-order valence-electron chi connectivity index (χ4n) is 2.33. The van der Waals surface area contributed by atoms with Gasteiger partial charge in [-0.15, -0.1) is 10.2 Å². The van der Waals surface area contributed by atoms with Gasteiger partial charge >= 0.3 is 0 Å². The maximum absolute atomic E-state index is 13.0. The Balaban J connectivity index is 1.79. The summed E-state index contributed by atoms with van der Waals surface area (Å²) >= 11 is 0. The minimum atomic E-state index is -0.234. The zero-order chi connectivity index (χ0) is 16.4. The van der Waals surface area contributed by atoms with Gasteiger partial charge in [0, 0.05) is 13.2 Å². The number of benzene rings is 1. The van der Waals surface area contributed by atoms with E-state index < -0.39 is 0 Å². The van der Waals surface area contributed by atoms with Crippen LogP contribution in [0.3, 0.4) is 0 Å². The van der Waals surface area contributed by atoms with E-state index >= 15 is 0 Å². The first-order valence-corrected chi connectivity index (χ1v) is 7.39. The normalized spacial score (nSPS) is 12.2. The van der Waals surface area contributed by atoms with E-state index in [1.54, 1.807) is 16.8 Å². The fourth-order valence-corrected chi connectivity index (χ4v) is 2.33. The summed E-state index contributed by atoms with van der Waals surface area (Å²) in [4.78, 5) is 2.00. The molecule has 1 unspecified atom stereocenters. The Morgan fingerprint density at radius 1 is 1.04 bits per heavy atom. The quantitative estimate of drug-likeness (QED) is 0.741. The molecule has 5 nitrogen and oxygen atoms in total. The van der Waals surface area contributed by atoms with E-state index in [0.29, 0.717) is 5.82 Å². The number of hydrogen-bond acceptors (Lipinski definition) is 4. The van der Waals surface area contributed by atoms with Crippen molar-refractivity contribution >= 4 is 5.82 Å². The number of aryl methyl sites for hydroxylation is 1. The molecule has 0 aliphatic rings. The molecular formula is C17H18FN5. The van der Waals surface area contributed by atoms with Crippen LogP contribution in [0, 0.1) is 12.7 Å². The molecule has 0 bridgehead atoms. The summed E-state index contributed by atoms with van der Waals surface area (Å²) in [5.41, 5.74) is 1.94. The van der Waals surface area contributed by atoms with Gasteiger partial charge in [0.05, 0.1) is 11.7 Å². The molecule has 6 heteroatoms. The molecule has 1 aromatic carbocycles. The lowest BCUT2D eigenvalue weighted by Crippen LogP contribution is -2.23. The van der Waals surface area contributed by atoms with Crippen molar-refractivity contribution < 1.29 is 4.39 Å². The van der Waals surface area contributed by atoms with Gasteiger partial charge in [-0.3, -0.25) is 0 Å². The van der Waals surface area contributed by atoms with Crippen molar-refractivity contribution in [3.05, 3.63) is 65.7 Å². The molecule has 0 saturated carbocycles. The second kappa shape index (κ2) is 6.16. The first kappa shape index (κ1) is 15.1. The van der Waals surface area contributed by atoms with Crippen LogP contribution in [0.15, 0.2) is 48.7 Å². The Kier molecular flexibility index (Phi) is 4.06. The van der Waals surface area contributed by atoms with E-state index in [1.807, 2.05) is 50.2 Å². The summed E-state index contributed by atoms with van der Waals surface area (Å²) in [6.07, 6.45) is 1.85. The van der Waals surface area contributed by atoms with Crippen LogP contribution in [-0.4, -0.2) is 27.0 Å². The molecule has 3 aromatic rings. The maximum Gasteiger partial charge on any atom is 0.175 e. The van der Waals surface area contributed by atoms with Gasteiger partial charge in [-0.25, -0.2) is 9.07 Å². The van der Waals surface area contributed by atoms with Crippen molar-refractivity contribution in [1.29, 1.82) is 0 Å². The first-order valence-electron chi connectivity index (χ1n) is 7.39. The van der Waals surface area contributed by atoms with Gasteiger partial charge in [-0.1, -0.05) is 12.1 Å². The summed E-state index contributed by atoms with van der Waals surface area (Å²) < 4.78 is 14.7. The highest BCUT2D eigenvalue weighted by Crippen LogP contribution is 2.23. The summed E-state index contributed by atoms with van der Waals surface area (Å²) in [5.74, 6) is 1.18. The van der Waals surface area contributed by atoms with Gasteiger partial charge in [0.1, 0.15) is 5.82 Å². The van der Waals surface area contributed by atoms with Crippen LogP contribution >= 0.6 is 0 Å². The minimum absolute atomic E-state index is 0.0581. The van der Waals surface area contributed by atoms with Gasteiger partial charge in [0.15, 0.2) is 11.6 Å². The number of anilines is 1. The average molecular weight is 311 g/mol. The SMILES string of the molecule is Cc1ccn(-c2ccc(N(C)C(C)c3ccc(F)cc3)nn2)n1. The Labute approximate surface area is 134 Å². The Bertz CT molecular complexity index is 780. The van der Waals surface area contributed by atoms with Gasteiger partial charge in [0.2, 0.25) is 0 Å².